The maximum absolute atomic E-state index is 12.4. The van der Waals surface area contributed by atoms with E-state index < -0.39 is 0 Å². The number of ketones is 1. The number of piperazine rings is 1. The van der Waals surface area contributed by atoms with E-state index in [0.717, 1.165) is 13.1 Å². The van der Waals surface area contributed by atoms with E-state index in [0.29, 0.717) is 23.4 Å². The van der Waals surface area contributed by atoms with Gasteiger partial charge in [0.25, 0.3) is 5.91 Å². The van der Waals surface area contributed by atoms with Crippen LogP contribution in [0.4, 0.5) is 0 Å². The molecular weight excluding hydrogens is 316 g/mol. The first-order valence-electron chi connectivity index (χ1n) is 8.48. The van der Waals surface area contributed by atoms with Gasteiger partial charge in [0.15, 0.2) is 12.4 Å². The lowest BCUT2D eigenvalue weighted by atomic mass is 10.0. The Hall–Kier alpha value is -2.66. The molecule has 0 aromatic heterocycles. The number of nitrogens with one attached hydrogen (secondary N) is 1. The van der Waals surface area contributed by atoms with E-state index in [1.807, 2.05) is 30.0 Å². The molecule has 0 unspecified atom stereocenters. The molecule has 1 aliphatic rings. The quantitative estimate of drug-likeness (QED) is 0.849. The molecule has 130 valence electrons. The Kier molecular flexibility index (Phi) is 5.46. The fourth-order valence-corrected chi connectivity index (χ4v) is 2.90. The smallest absolute Gasteiger partial charge is 0.260 e. The molecule has 1 atom stereocenters. The predicted octanol–water partition coefficient (Wildman–Crippen LogP) is 2.12. The van der Waals surface area contributed by atoms with Gasteiger partial charge in [0.05, 0.1) is 0 Å². The van der Waals surface area contributed by atoms with Gasteiger partial charge >= 0.3 is 0 Å². The van der Waals surface area contributed by atoms with Crippen molar-refractivity contribution in [3.8, 4) is 5.75 Å². The maximum atomic E-state index is 12.4. The lowest BCUT2D eigenvalue weighted by molar-refractivity contribution is -0.136. The third-order valence-corrected chi connectivity index (χ3v) is 4.34. The van der Waals surface area contributed by atoms with E-state index in [2.05, 4.69) is 5.32 Å². The van der Waals surface area contributed by atoms with E-state index >= 15 is 0 Å². The summed E-state index contributed by atoms with van der Waals surface area (Å²) in [5, 5.41) is 3.26. The molecule has 0 radical (unpaired) electrons. The van der Waals surface area contributed by atoms with Crippen LogP contribution in [0.5, 0.6) is 5.75 Å². The van der Waals surface area contributed by atoms with Crippen molar-refractivity contribution in [3.05, 3.63) is 65.7 Å². The molecule has 1 fully saturated rings. The van der Waals surface area contributed by atoms with Crippen molar-refractivity contribution in [3.63, 3.8) is 0 Å². The molecule has 0 spiro atoms. The van der Waals surface area contributed by atoms with Gasteiger partial charge in [0, 0.05) is 36.8 Å². The Morgan fingerprint density at radius 3 is 2.44 bits per heavy atom. The van der Waals surface area contributed by atoms with Crippen LogP contribution in [0, 0.1) is 0 Å². The summed E-state index contributed by atoms with van der Waals surface area (Å²) in [6, 6.07) is 16.2. The molecule has 5 heteroatoms. The van der Waals surface area contributed by atoms with E-state index in [4.69, 9.17) is 4.74 Å². The Balaban J connectivity index is 1.57. The fraction of sp³-hybridized carbons (Fsp3) is 0.300. The monoisotopic (exact) mass is 338 g/mol. The molecular formula is C20H22N2O3. The minimum Gasteiger partial charge on any atom is -0.484 e. The zero-order chi connectivity index (χ0) is 17.6. The van der Waals surface area contributed by atoms with Crippen molar-refractivity contribution in [1.82, 2.24) is 10.2 Å². The summed E-state index contributed by atoms with van der Waals surface area (Å²) in [7, 11) is 0. The summed E-state index contributed by atoms with van der Waals surface area (Å²) in [6.45, 7) is 4.35. The highest BCUT2D eigenvalue weighted by Gasteiger charge is 2.23. The number of ether oxygens (including phenoxy) is 1. The van der Waals surface area contributed by atoms with Crippen LogP contribution in [0.1, 0.15) is 22.8 Å². The highest BCUT2D eigenvalue weighted by molar-refractivity contribution is 6.08. The van der Waals surface area contributed by atoms with Crippen molar-refractivity contribution in [2.24, 2.45) is 0 Å². The lowest BCUT2D eigenvalue weighted by Crippen LogP contribution is -2.53. The molecule has 1 N–H and O–H groups in total. The summed E-state index contributed by atoms with van der Waals surface area (Å²) in [5.41, 5.74) is 1.25. The average Bonchev–Trinajstić information content (AvgIpc) is 2.67. The molecule has 3 rings (SSSR count). The zero-order valence-corrected chi connectivity index (χ0v) is 14.3. The van der Waals surface area contributed by atoms with Crippen LogP contribution >= 0.6 is 0 Å². The van der Waals surface area contributed by atoms with Gasteiger partial charge in [0.1, 0.15) is 5.75 Å². The van der Waals surface area contributed by atoms with Crippen molar-refractivity contribution in [2.45, 2.75) is 13.0 Å². The van der Waals surface area contributed by atoms with Crippen LogP contribution in [-0.4, -0.2) is 48.9 Å². The zero-order valence-electron chi connectivity index (χ0n) is 14.3. The second-order valence-corrected chi connectivity index (χ2v) is 6.15. The van der Waals surface area contributed by atoms with Gasteiger partial charge in [-0.15, -0.1) is 0 Å². The molecule has 1 aliphatic heterocycles. The standard InChI is InChI=1S/C20H22N2O3/c1-15-13-21-11-12-22(15)19(23)14-25-18-9-7-17(8-10-18)20(24)16-5-3-2-4-6-16/h2-10,15,21H,11-14H2,1H3/t15-/m0/s1. The average molecular weight is 338 g/mol. The maximum Gasteiger partial charge on any atom is 0.260 e. The number of carbonyl (C=O) groups is 2. The van der Waals surface area contributed by atoms with Crippen LogP contribution in [0.2, 0.25) is 0 Å². The van der Waals surface area contributed by atoms with Gasteiger partial charge in [-0.25, -0.2) is 0 Å². The molecule has 0 aliphatic carbocycles. The topological polar surface area (TPSA) is 58.6 Å². The van der Waals surface area contributed by atoms with E-state index in [9.17, 15) is 9.59 Å². The molecule has 0 saturated carbocycles. The van der Waals surface area contributed by atoms with Crippen LogP contribution in [0.3, 0.4) is 0 Å². The van der Waals surface area contributed by atoms with Gasteiger partial charge in [-0.1, -0.05) is 30.3 Å². The molecule has 1 amide bonds. The summed E-state index contributed by atoms with van der Waals surface area (Å²) < 4.78 is 5.59. The third kappa shape index (κ3) is 4.25. The molecule has 2 aromatic rings. The minimum atomic E-state index is -0.0298. The Morgan fingerprint density at radius 1 is 1.08 bits per heavy atom. The van der Waals surface area contributed by atoms with Gasteiger partial charge in [-0.05, 0) is 31.2 Å². The number of nitrogens with zero attached hydrogens (tertiary/aromatic N) is 1. The van der Waals surface area contributed by atoms with E-state index in [1.54, 1.807) is 36.4 Å². The van der Waals surface area contributed by atoms with Crippen molar-refractivity contribution in [2.75, 3.05) is 26.2 Å². The summed E-state index contributed by atoms with van der Waals surface area (Å²) in [6.07, 6.45) is 0. The Bertz CT molecular complexity index is 728. The van der Waals surface area contributed by atoms with Gasteiger partial charge < -0.3 is 15.0 Å². The Labute approximate surface area is 147 Å². The van der Waals surface area contributed by atoms with Crippen LogP contribution in [-0.2, 0) is 4.79 Å². The van der Waals surface area contributed by atoms with Crippen LogP contribution < -0.4 is 10.1 Å². The second-order valence-electron chi connectivity index (χ2n) is 6.15. The largest absolute Gasteiger partial charge is 0.484 e. The normalized spacial score (nSPS) is 17.2. The van der Waals surface area contributed by atoms with Gasteiger partial charge in [0.2, 0.25) is 0 Å². The number of rotatable bonds is 5. The number of benzene rings is 2. The molecule has 5 nitrogen and oxygen atoms in total. The van der Waals surface area contributed by atoms with Crippen molar-refractivity contribution >= 4 is 11.7 Å². The third-order valence-electron chi connectivity index (χ3n) is 4.34. The number of hydrogen-bond donors (Lipinski definition) is 1. The SMILES string of the molecule is C[C@H]1CNCCN1C(=O)COc1ccc(C(=O)c2ccccc2)cc1. The van der Waals surface area contributed by atoms with E-state index in [-0.39, 0.29) is 24.3 Å². The Morgan fingerprint density at radius 2 is 1.76 bits per heavy atom. The van der Waals surface area contributed by atoms with Crippen molar-refractivity contribution < 1.29 is 14.3 Å². The lowest BCUT2D eigenvalue weighted by Gasteiger charge is -2.33. The summed E-state index contributed by atoms with van der Waals surface area (Å²) >= 11 is 0. The van der Waals surface area contributed by atoms with Crippen molar-refractivity contribution in [1.29, 1.82) is 0 Å². The van der Waals surface area contributed by atoms with Gasteiger partial charge in [-0.3, -0.25) is 9.59 Å². The highest BCUT2D eigenvalue weighted by Crippen LogP contribution is 2.16. The molecule has 1 heterocycles. The van der Waals surface area contributed by atoms with Crippen LogP contribution in [0.25, 0.3) is 0 Å². The molecule has 2 aromatic carbocycles. The second kappa shape index (κ2) is 7.94. The summed E-state index contributed by atoms with van der Waals surface area (Å²) in [4.78, 5) is 26.5. The molecule has 1 saturated heterocycles. The molecule has 25 heavy (non-hydrogen) atoms. The predicted molar refractivity (Wildman–Crippen MR) is 95.9 cm³/mol. The number of carbonyl (C=O) groups excluding carboxylic acids is 2. The summed E-state index contributed by atoms with van der Waals surface area (Å²) in [5.74, 6) is 0.539. The molecule has 0 bridgehead atoms. The first-order chi connectivity index (χ1) is 12.1. The minimum absolute atomic E-state index is 0.0102. The first-order valence-corrected chi connectivity index (χ1v) is 8.48. The van der Waals surface area contributed by atoms with E-state index in [1.165, 1.54) is 0 Å². The highest BCUT2D eigenvalue weighted by atomic mass is 16.5. The van der Waals surface area contributed by atoms with Crippen LogP contribution in [0.15, 0.2) is 54.6 Å². The fourth-order valence-electron chi connectivity index (χ4n) is 2.90. The number of amides is 1. The first kappa shape index (κ1) is 17.2. The van der Waals surface area contributed by atoms with Gasteiger partial charge in [-0.2, -0.15) is 0 Å². The number of hydrogen-bond acceptors (Lipinski definition) is 4.